The van der Waals surface area contributed by atoms with Crippen LogP contribution in [0.3, 0.4) is 0 Å². The second-order valence-electron chi connectivity index (χ2n) is 17.1. The highest BCUT2D eigenvalue weighted by Gasteiger charge is 2.75. The van der Waals surface area contributed by atoms with E-state index in [-0.39, 0.29) is 5.41 Å². The number of rotatable bonds is 5. The molecule has 55 heavy (non-hydrogen) atoms. The lowest BCUT2D eigenvalue weighted by Gasteiger charge is -2.48. The van der Waals surface area contributed by atoms with E-state index >= 15 is 0 Å². The van der Waals surface area contributed by atoms with Crippen LogP contribution >= 0.6 is 0 Å². The minimum Gasteiger partial charge on any atom is -0.456 e. The van der Waals surface area contributed by atoms with Crippen molar-refractivity contribution in [3.63, 3.8) is 0 Å². The molecule has 4 atom stereocenters. The molecule has 0 saturated heterocycles. The van der Waals surface area contributed by atoms with Crippen molar-refractivity contribution in [2.75, 3.05) is 4.90 Å². The lowest BCUT2D eigenvalue weighted by molar-refractivity contribution is 0.200. The van der Waals surface area contributed by atoms with Crippen molar-refractivity contribution in [1.29, 1.82) is 0 Å². The highest BCUT2D eigenvalue weighted by atomic mass is 28.3. The molecule has 12 rings (SSSR count). The van der Waals surface area contributed by atoms with Crippen LogP contribution in [0.15, 0.2) is 180 Å². The first-order valence-corrected chi connectivity index (χ1v) is 22.2. The predicted octanol–water partition coefficient (Wildman–Crippen LogP) is 10.5. The number of anilines is 3. The van der Waals surface area contributed by atoms with Gasteiger partial charge in [0.15, 0.2) is 8.07 Å². The molecule has 2 bridgehead atoms. The molecule has 1 aromatic heterocycles. The van der Waals surface area contributed by atoms with Gasteiger partial charge in [-0.2, -0.15) is 0 Å². The summed E-state index contributed by atoms with van der Waals surface area (Å²) in [5, 5.41) is 7.65. The predicted molar refractivity (Wildman–Crippen MR) is 230 cm³/mol. The summed E-state index contributed by atoms with van der Waals surface area (Å²) < 4.78 is 7.10. The van der Waals surface area contributed by atoms with Crippen molar-refractivity contribution >= 4 is 67.8 Å². The molecule has 0 N–H and O–H groups in total. The van der Waals surface area contributed by atoms with E-state index in [4.69, 9.17) is 4.42 Å². The van der Waals surface area contributed by atoms with Gasteiger partial charge in [-0.1, -0.05) is 153 Å². The molecule has 1 aliphatic heterocycles. The molecule has 2 spiro atoms. The lowest BCUT2D eigenvalue weighted by Crippen LogP contribution is -2.74. The van der Waals surface area contributed by atoms with Crippen LogP contribution in [0.5, 0.6) is 0 Å². The van der Waals surface area contributed by atoms with Gasteiger partial charge in [0.25, 0.3) is 0 Å². The number of furan rings is 1. The Balaban J connectivity index is 1.08. The van der Waals surface area contributed by atoms with Gasteiger partial charge in [-0.25, -0.2) is 0 Å². The summed E-state index contributed by atoms with van der Waals surface area (Å²) >= 11 is 0. The maximum absolute atomic E-state index is 7.10. The molecule has 1 unspecified atom stereocenters. The van der Waals surface area contributed by atoms with Gasteiger partial charge >= 0.3 is 0 Å². The fourth-order valence-corrected chi connectivity index (χ4v) is 17.5. The normalized spacial score (nSPS) is 23.1. The van der Waals surface area contributed by atoms with Gasteiger partial charge in [0, 0.05) is 21.9 Å². The summed E-state index contributed by atoms with van der Waals surface area (Å²) in [7, 11) is -2.81. The molecular formula is C52H43NOSi. The summed E-state index contributed by atoms with van der Waals surface area (Å²) in [4.78, 5) is 2.57. The van der Waals surface area contributed by atoms with E-state index in [0.29, 0.717) is 11.3 Å². The molecule has 3 heteroatoms. The topological polar surface area (TPSA) is 16.4 Å². The van der Waals surface area contributed by atoms with E-state index in [9.17, 15) is 0 Å². The lowest BCUT2D eigenvalue weighted by atomic mass is 9.60. The van der Waals surface area contributed by atoms with Crippen LogP contribution in [0.25, 0.3) is 21.9 Å². The smallest absolute Gasteiger partial charge is 0.184 e. The van der Waals surface area contributed by atoms with E-state index < -0.39 is 8.07 Å². The van der Waals surface area contributed by atoms with Crippen molar-refractivity contribution in [2.24, 2.45) is 23.2 Å². The Morgan fingerprint density at radius 2 is 1.15 bits per heavy atom. The average Bonchev–Trinajstić information content (AvgIpc) is 3.70. The Hall–Kier alpha value is -5.64. The number of hydrogen-bond acceptors (Lipinski definition) is 2. The van der Waals surface area contributed by atoms with Crippen molar-refractivity contribution in [3.05, 3.63) is 187 Å². The van der Waals surface area contributed by atoms with E-state index in [1.54, 1.807) is 11.1 Å². The summed E-state index contributed by atoms with van der Waals surface area (Å²) in [5.74, 6) is 2.23. The van der Waals surface area contributed by atoms with Gasteiger partial charge in [-0.3, -0.25) is 0 Å². The Labute approximate surface area is 324 Å². The summed E-state index contributed by atoms with van der Waals surface area (Å²) in [6.07, 6.45) is 5.50. The van der Waals surface area contributed by atoms with Crippen LogP contribution in [-0.4, -0.2) is 8.07 Å². The third kappa shape index (κ3) is 4.14. The van der Waals surface area contributed by atoms with Gasteiger partial charge in [0.05, 0.1) is 11.4 Å². The molecule has 0 radical (unpaired) electrons. The monoisotopic (exact) mass is 725 g/mol. The largest absolute Gasteiger partial charge is 0.456 e. The van der Waals surface area contributed by atoms with E-state index in [1.165, 1.54) is 68.9 Å². The Bertz CT molecular complexity index is 2630. The van der Waals surface area contributed by atoms with Crippen molar-refractivity contribution < 1.29 is 4.42 Å². The second kappa shape index (κ2) is 11.4. The third-order valence-electron chi connectivity index (χ3n) is 14.4. The third-order valence-corrected chi connectivity index (χ3v) is 19.2. The summed E-state index contributed by atoms with van der Waals surface area (Å²) in [6.45, 7) is 2.51. The fourth-order valence-electron chi connectivity index (χ4n) is 12.7. The van der Waals surface area contributed by atoms with Crippen LogP contribution in [0.2, 0.25) is 0 Å². The SMILES string of the molecule is C[C@H]1CC2C[C@@]3(C1)C[C@H]3C21c2ccccc2N(c2ccc3oc4c([Si](c5ccccc5)(c5ccccc5)c5ccccc5)cccc4c3c2)c2ccccc21. The van der Waals surface area contributed by atoms with Crippen LogP contribution < -0.4 is 25.6 Å². The number of benzene rings is 7. The molecule has 7 aromatic carbocycles. The van der Waals surface area contributed by atoms with Gasteiger partial charge in [-0.05, 0) is 111 Å². The first-order chi connectivity index (χ1) is 27.1. The van der Waals surface area contributed by atoms with Crippen molar-refractivity contribution in [3.8, 4) is 0 Å². The fraction of sp³-hybridized carbons (Fsp3) is 0.192. The molecule has 3 aliphatic carbocycles. The van der Waals surface area contributed by atoms with E-state index in [0.717, 1.165) is 28.4 Å². The number of hydrogen-bond donors (Lipinski definition) is 0. The molecule has 2 nitrogen and oxygen atoms in total. The van der Waals surface area contributed by atoms with Gasteiger partial charge in [-0.15, -0.1) is 0 Å². The quantitative estimate of drug-likeness (QED) is 0.130. The zero-order chi connectivity index (χ0) is 36.4. The van der Waals surface area contributed by atoms with Crippen LogP contribution in [-0.2, 0) is 5.41 Å². The van der Waals surface area contributed by atoms with E-state index in [1.807, 2.05) is 0 Å². The molecular weight excluding hydrogens is 683 g/mol. The molecule has 4 aliphatic rings. The second-order valence-corrected chi connectivity index (χ2v) is 20.9. The maximum atomic E-state index is 7.10. The number of fused-ring (bicyclic) bond motifs is 10. The highest BCUT2D eigenvalue weighted by Crippen LogP contribution is 2.82. The van der Waals surface area contributed by atoms with Gasteiger partial charge in [0.2, 0.25) is 0 Å². The molecule has 0 amide bonds. The number of para-hydroxylation sites is 3. The van der Waals surface area contributed by atoms with Crippen molar-refractivity contribution in [2.45, 2.75) is 38.0 Å². The Morgan fingerprint density at radius 3 is 1.76 bits per heavy atom. The van der Waals surface area contributed by atoms with Crippen molar-refractivity contribution in [1.82, 2.24) is 0 Å². The first kappa shape index (κ1) is 31.7. The standard InChI is InChI=1S/C52H43NOSi/c1-35-30-36-33-51(32-35)34-49(51)52(36)43-23-11-13-25-45(43)53(46-26-14-12-24-44(46)52)37-28-29-47-42(31-37)41-22-15-27-48(50(41)54-47)55(38-16-5-2-6-17-38,39-18-7-3-8-19-39)40-20-9-4-10-21-40/h2-29,31,35-36,49H,30,32-34H2,1H3/t35-,36?,49+,51-/m0/s1. The van der Waals surface area contributed by atoms with Crippen LogP contribution in [0.4, 0.5) is 17.1 Å². The molecule has 3 fully saturated rings. The molecule has 8 aromatic rings. The first-order valence-electron chi connectivity index (χ1n) is 20.2. The number of nitrogens with zero attached hydrogens (tertiary/aromatic N) is 1. The summed E-state index contributed by atoms with van der Waals surface area (Å²) in [5.41, 5.74) is 9.51. The zero-order valence-corrected chi connectivity index (χ0v) is 32.2. The average molecular weight is 726 g/mol. The Kier molecular flexibility index (Phi) is 6.59. The Morgan fingerprint density at radius 1 is 0.564 bits per heavy atom. The molecule has 266 valence electrons. The van der Waals surface area contributed by atoms with E-state index in [2.05, 4.69) is 188 Å². The van der Waals surface area contributed by atoms with Crippen LogP contribution in [0.1, 0.15) is 43.7 Å². The summed E-state index contributed by atoms with van der Waals surface area (Å²) in [6, 6.07) is 66.1. The molecule has 2 heterocycles. The minimum atomic E-state index is -2.81. The van der Waals surface area contributed by atoms with Gasteiger partial charge < -0.3 is 9.32 Å². The van der Waals surface area contributed by atoms with Crippen LogP contribution in [0, 0.1) is 23.2 Å². The highest BCUT2D eigenvalue weighted by molar-refractivity contribution is 7.20. The van der Waals surface area contributed by atoms with Gasteiger partial charge in [0.1, 0.15) is 11.2 Å². The maximum Gasteiger partial charge on any atom is 0.184 e. The minimum absolute atomic E-state index is 0.0933. The zero-order valence-electron chi connectivity index (χ0n) is 31.2. The molecule has 3 saturated carbocycles.